The minimum Gasteiger partial charge on any atom is -0.493 e. The van der Waals surface area contributed by atoms with Crippen molar-refractivity contribution in [1.29, 1.82) is 0 Å². The van der Waals surface area contributed by atoms with Gasteiger partial charge in [-0.2, -0.15) is 0 Å². The monoisotopic (exact) mass is 530 g/mol. The van der Waals surface area contributed by atoms with Gasteiger partial charge in [-0.05, 0) is 47.7 Å². The smallest absolute Gasteiger partial charge is 0.261 e. The van der Waals surface area contributed by atoms with Crippen LogP contribution in [0.2, 0.25) is 5.15 Å². The first-order valence-corrected chi connectivity index (χ1v) is 12.6. The van der Waals surface area contributed by atoms with Crippen LogP contribution in [0.5, 0.6) is 5.75 Å². The molecule has 0 saturated carbocycles. The molecule has 38 heavy (non-hydrogen) atoms. The molecule has 1 aliphatic rings. The molecule has 0 unspecified atom stereocenters. The number of nitrogens with two attached hydrogens (primary N) is 1. The average molecular weight is 531 g/mol. The normalized spacial score (nSPS) is 12.7. The zero-order valence-corrected chi connectivity index (χ0v) is 21.8. The van der Waals surface area contributed by atoms with Gasteiger partial charge in [0, 0.05) is 31.6 Å². The molecule has 3 heterocycles. The maximum absolute atomic E-state index is 13.4. The summed E-state index contributed by atoms with van der Waals surface area (Å²) in [5.41, 5.74) is 5.08. The highest BCUT2D eigenvalue weighted by molar-refractivity contribution is 6.29. The fraction of sp³-hybridized carbons (Fsp3) is 0.214. The number of aromatic nitrogens is 2. The van der Waals surface area contributed by atoms with Crippen LogP contribution >= 0.6 is 11.6 Å². The number of nitrogens with zero attached hydrogens (tertiary/aromatic N) is 4. The van der Waals surface area contributed by atoms with Gasteiger partial charge in [0.2, 0.25) is 5.91 Å². The Bertz CT molecular complexity index is 1540. The highest BCUT2D eigenvalue weighted by atomic mass is 35.5. The van der Waals surface area contributed by atoms with Crippen molar-refractivity contribution >= 4 is 51.5 Å². The quantitative estimate of drug-likeness (QED) is 0.159. The van der Waals surface area contributed by atoms with Crippen molar-refractivity contribution in [3.63, 3.8) is 0 Å². The molecule has 194 valence electrons. The number of rotatable bonds is 7. The average Bonchev–Trinajstić information content (AvgIpc) is 3.02. The van der Waals surface area contributed by atoms with E-state index >= 15 is 0 Å². The second kappa shape index (κ2) is 10.6. The minimum atomic E-state index is -0.261. The minimum absolute atomic E-state index is 0.167. The molecule has 3 N–H and O–H groups in total. The number of hydrogen-bond acceptors (Lipinski definition) is 7. The number of pyridine rings is 2. The summed E-state index contributed by atoms with van der Waals surface area (Å²) < 4.78 is 6.15. The van der Waals surface area contributed by atoms with Gasteiger partial charge in [0.25, 0.3) is 5.91 Å². The molecular formula is C28H27ClN6O3. The van der Waals surface area contributed by atoms with Crippen LogP contribution in [0.25, 0.3) is 10.8 Å². The molecular weight excluding hydrogens is 504 g/mol. The summed E-state index contributed by atoms with van der Waals surface area (Å²) in [4.78, 5) is 37.8. The van der Waals surface area contributed by atoms with E-state index in [1.807, 2.05) is 54.3 Å². The molecule has 0 radical (unpaired) electrons. The van der Waals surface area contributed by atoms with Crippen molar-refractivity contribution in [2.75, 3.05) is 30.0 Å². The fourth-order valence-corrected chi connectivity index (χ4v) is 4.84. The van der Waals surface area contributed by atoms with Crippen LogP contribution in [0.3, 0.4) is 0 Å². The van der Waals surface area contributed by atoms with E-state index < -0.39 is 0 Å². The Morgan fingerprint density at radius 1 is 1.11 bits per heavy atom. The van der Waals surface area contributed by atoms with Gasteiger partial charge in [-0.25, -0.2) is 15.8 Å². The van der Waals surface area contributed by atoms with E-state index in [-0.39, 0.29) is 18.2 Å². The van der Waals surface area contributed by atoms with E-state index in [9.17, 15) is 9.59 Å². The number of hydrogen-bond donors (Lipinski definition) is 2. The number of hydrazine groups is 1. The first-order chi connectivity index (χ1) is 18.4. The molecule has 0 atom stereocenters. The zero-order valence-electron chi connectivity index (χ0n) is 21.1. The molecule has 5 rings (SSSR count). The summed E-state index contributed by atoms with van der Waals surface area (Å²) in [5.74, 6) is 6.69. The topological polar surface area (TPSA) is 114 Å². The number of nitrogens with one attached hydrogen (secondary N) is 1. The summed E-state index contributed by atoms with van der Waals surface area (Å²) in [7, 11) is 1.72. The highest BCUT2D eigenvalue weighted by Gasteiger charge is 2.31. The number of carbonyl (C=O) groups excluding carboxylic acids is 2. The van der Waals surface area contributed by atoms with Crippen molar-refractivity contribution in [2.24, 2.45) is 5.84 Å². The predicted octanol–water partition coefficient (Wildman–Crippen LogP) is 4.19. The van der Waals surface area contributed by atoms with Crippen LogP contribution in [-0.2, 0) is 17.6 Å². The largest absolute Gasteiger partial charge is 0.493 e. The van der Waals surface area contributed by atoms with E-state index in [1.54, 1.807) is 30.3 Å². The van der Waals surface area contributed by atoms with Gasteiger partial charge in [-0.3, -0.25) is 15.0 Å². The Kier molecular flexibility index (Phi) is 7.13. The van der Waals surface area contributed by atoms with E-state index in [0.717, 1.165) is 21.9 Å². The van der Waals surface area contributed by atoms with Crippen LogP contribution in [0.15, 0.2) is 60.8 Å². The molecule has 2 aromatic carbocycles. The number of carbonyl (C=O) groups is 2. The van der Waals surface area contributed by atoms with Crippen LogP contribution in [0.4, 0.5) is 17.3 Å². The van der Waals surface area contributed by atoms with Crippen LogP contribution in [-0.4, -0.2) is 42.0 Å². The van der Waals surface area contributed by atoms with Crippen molar-refractivity contribution in [3.05, 3.63) is 82.6 Å². The molecule has 1 aliphatic heterocycles. The summed E-state index contributed by atoms with van der Waals surface area (Å²) in [6, 6.07) is 16.9. The molecule has 4 aromatic rings. The van der Waals surface area contributed by atoms with Crippen molar-refractivity contribution in [1.82, 2.24) is 15.4 Å². The lowest BCUT2D eigenvalue weighted by Gasteiger charge is -2.23. The Balaban J connectivity index is 1.38. The number of anilines is 3. The number of benzene rings is 2. The zero-order chi connectivity index (χ0) is 26.8. The van der Waals surface area contributed by atoms with Gasteiger partial charge in [0.15, 0.2) is 5.82 Å². The van der Waals surface area contributed by atoms with Crippen LogP contribution < -0.4 is 25.8 Å². The molecule has 0 bridgehead atoms. The summed E-state index contributed by atoms with van der Waals surface area (Å²) in [5, 5.41) is 2.19. The van der Waals surface area contributed by atoms with Gasteiger partial charge >= 0.3 is 0 Å². The summed E-state index contributed by atoms with van der Waals surface area (Å²) in [6.45, 7) is 2.93. The SMILES string of the molecule is CCN1c2ncc(CCOc3ccc(CC(=O)NN)c4ccccc34)cc2C(=O)N(C)c2ccc(Cl)nc21. The second-order valence-corrected chi connectivity index (χ2v) is 9.30. The summed E-state index contributed by atoms with van der Waals surface area (Å²) in [6.07, 6.45) is 2.49. The molecule has 2 amide bonds. The molecule has 9 nitrogen and oxygen atoms in total. The molecule has 10 heteroatoms. The Hall–Kier alpha value is -4.21. The maximum Gasteiger partial charge on any atom is 0.261 e. The predicted molar refractivity (Wildman–Crippen MR) is 148 cm³/mol. The Morgan fingerprint density at radius 2 is 1.89 bits per heavy atom. The van der Waals surface area contributed by atoms with Crippen LogP contribution in [0.1, 0.15) is 28.4 Å². The third kappa shape index (κ3) is 4.73. The lowest BCUT2D eigenvalue weighted by atomic mass is 10.0. The number of halogens is 1. The number of ether oxygens (including phenoxy) is 1. The molecule has 0 fully saturated rings. The lowest BCUT2D eigenvalue weighted by molar-refractivity contribution is -0.120. The summed E-state index contributed by atoms with van der Waals surface area (Å²) >= 11 is 6.17. The van der Waals surface area contributed by atoms with Gasteiger partial charge < -0.3 is 14.5 Å². The van der Waals surface area contributed by atoms with E-state index in [2.05, 4.69) is 15.4 Å². The van der Waals surface area contributed by atoms with Crippen molar-refractivity contribution in [3.8, 4) is 5.75 Å². The maximum atomic E-state index is 13.4. The van der Waals surface area contributed by atoms with Crippen LogP contribution in [0, 0.1) is 0 Å². The van der Waals surface area contributed by atoms with Gasteiger partial charge in [0.05, 0.1) is 24.3 Å². The van der Waals surface area contributed by atoms with E-state index in [4.69, 9.17) is 22.2 Å². The van der Waals surface area contributed by atoms with Gasteiger partial charge in [-0.1, -0.05) is 41.9 Å². The third-order valence-corrected chi connectivity index (χ3v) is 6.81. The standard InChI is InChI=1S/C28H27ClN6O3/c1-3-35-26-21(28(37)34(2)22-9-11-24(29)32-27(22)35)14-17(16-31-26)12-13-38-23-10-8-18(15-25(36)33-30)19-6-4-5-7-20(19)23/h4-11,14,16H,3,12-13,15,30H2,1-2H3,(H,33,36). The van der Waals surface area contributed by atoms with Crippen molar-refractivity contribution in [2.45, 2.75) is 19.8 Å². The first-order valence-electron chi connectivity index (χ1n) is 12.2. The number of amides is 2. The third-order valence-electron chi connectivity index (χ3n) is 6.60. The Labute approximate surface area is 225 Å². The molecule has 0 spiro atoms. The lowest BCUT2D eigenvalue weighted by Crippen LogP contribution is -2.31. The molecule has 0 aliphatic carbocycles. The van der Waals surface area contributed by atoms with Crippen molar-refractivity contribution < 1.29 is 14.3 Å². The first kappa shape index (κ1) is 25.4. The van der Waals surface area contributed by atoms with Gasteiger partial charge in [0.1, 0.15) is 16.7 Å². The molecule has 2 aromatic heterocycles. The van der Waals surface area contributed by atoms with E-state index in [0.29, 0.717) is 53.4 Å². The Morgan fingerprint density at radius 3 is 2.66 bits per heavy atom. The fourth-order valence-electron chi connectivity index (χ4n) is 4.69. The molecule has 0 saturated heterocycles. The van der Waals surface area contributed by atoms with E-state index in [1.165, 1.54) is 0 Å². The second-order valence-electron chi connectivity index (χ2n) is 8.91. The van der Waals surface area contributed by atoms with Gasteiger partial charge in [-0.15, -0.1) is 0 Å². The highest BCUT2D eigenvalue weighted by Crippen LogP contribution is 2.38. The number of fused-ring (bicyclic) bond motifs is 3.